The third kappa shape index (κ3) is 4.06. The van der Waals surface area contributed by atoms with E-state index in [-0.39, 0.29) is 24.1 Å². The van der Waals surface area contributed by atoms with Crippen molar-refractivity contribution in [1.82, 2.24) is 9.47 Å². The average Bonchev–Trinajstić information content (AvgIpc) is 2.72. The standard InChI is InChI=1S/C22H27N3O4/c23-22(28)15-5-7-18(8-6-15)29-10-2-9-24-12-16-11-17(13-24)20(14-26)25-19(16)3-1-4-21(25)27/h1,3-8,16-17,20,26H,2,9-14H2,(H2,23,28)/t16-,17+,20+/m1/s1. The molecule has 0 saturated carbocycles. The fraction of sp³-hybridized carbons (Fsp3) is 0.455. The molecule has 1 saturated heterocycles. The molecule has 1 amide bonds. The predicted molar refractivity (Wildman–Crippen MR) is 109 cm³/mol. The van der Waals surface area contributed by atoms with E-state index in [0.717, 1.165) is 43.9 Å². The summed E-state index contributed by atoms with van der Waals surface area (Å²) < 4.78 is 7.59. The minimum absolute atomic E-state index is 0.00738. The summed E-state index contributed by atoms with van der Waals surface area (Å²) in [6, 6.07) is 12.1. The van der Waals surface area contributed by atoms with Gasteiger partial charge >= 0.3 is 0 Å². The molecule has 4 rings (SSSR count). The SMILES string of the molecule is NC(=O)c1ccc(OCCCN2C[C@H]3C[C@@H](C2)[C@H](CO)n2c3cccc2=O)cc1. The van der Waals surface area contributed by atoms with Crippen LogP contribution in [0.2, 0.25) is 0 Å². The van der Waals surface area contributed by atoms with Gasteiger partial charge in [-0.2, -0.15) is 0 Å². The number of carbonyl (C=O) groups excluding carboxylic acids is 1. The fourth-order valence-electron chi connectivity index (χ4n) is 4.75. The lowest BCUT2D eigenvalue weighted by atomic mass is 9.78. The van der Waals surface area contributed by atoms with E-state index in [9.17, 15) is 14.7 Å². The minimum atomic E-state index is -0.447. The number of hydrogen-bond donors (Lipinski definition) is 2. The summed E-state index contributed by atoms with van der Waals surface area (Å²) in [5.41, 5.74) is 6.74. The molecule has 2 aliphatic rings. The van der Waals surface area contributed by atoms with Gasteiger partial charge < -0.3 is 25.0 Å². The number of rotatable bonds is 7. The molecular weight excluding hydrogens is 370 g/mol. The molecule has 1 aromatic heterocycles. The maximum atomic E-state index is 12.3. The zero-order valence-corrected chi connectivity index (χ0v) is 16.4. The van der Waals surface area contributed by atoms with Crippen LogP contribution in [0, 0.1) is 5.92 Å². The van der Waals surface area contributed by atoms with Gasteiger partial charge in [-0.05, 0) is 49.1 Å². The van der Waals surface area contributed by atoms with Crippen molar-refractivity contribution < 1.29 is 14.6 Å². The first-order valence-electron chi connectivity index (χ1n) is 10.1. The monoisotopic (exact) mass is 397 g/mol. The van der Waals surface area contributed by atoms with Crippen LogP contribution in [0.4, 0.5) is 0 Å². The Bertz CT molecular complexity index is 924. The van der Waals surface area contributed by atoms with Gasteiger partial charge in [0.2, 0.25) is 5.91 Å². The number of nitrogens with zero attached hydrogens (tertiary/aromatic N) is 2. The number of nitrogens with two attached hydrogens (primary N) is 1. The van der Waals surface area contributed by atoms with Gasteiger partial charge in [0, 0.05) is 42.9 Å². The number of amides is 1. The molecule has 7 nitrogen and oxygen atoms in total. The molecule has 0 unspecified atom stereocenters. The molecule has 3 N–H and O–H groups in total. The summed E-state index contributed by atoms with van der Waals surface area (Å²) in [6.45, 7) is 3.29. The van der Waals surface area contributed by atoms with Crippen LogP contribution >= 0.6 is 0 Å². The zero-order chi connectivity index (χ0) is 20.4. The van der Waals surface area contributed by atoms with Crippen molar-refractivity contribution >= 4 is 5.91 Å². The van der Waals surface area contributed by atoms with Crippen LogP contribution in [0.5, 0.6) is 5.75 Å². The second kappa shape index (κ2) is 8.39. The van der Waals surface area contributed by atoms with E-state index < -0.39 is 5.91 Å². The van der Waals surface area contributed by atoms with E-state index in [4.69, 9.17) is 10.5 Å². The summed E-state index contributed by atoms with van der Waals surface area (Å²) in [7, 11) is 0. The molecule has 2 aromatic rings. The molecule has 7 heteroatoms. The molecule has 3 heterocycles. The number of aliphatic hydroxyl groups is 1. The molecule has 3 atom stereocenters. The number of aromatic nitrogens is 1. The van der Waals surface area contributed by atoms with E-state index in [1.165, 1.54) is 0 Å². The second-order valence-corrected chi connectivity index (χ2v) is 7.95. The second-order valence-electron chi connectivity index (χ2n) is 7.95. The normalized spacial score (nSPS) is 23.4. The third-order valence-electron chi connectivity index (χ3n) is 6.09. The Balaban J connectivity index is 1.34. The van der Waals surface area contributed by atoms with Gasteiger partial charge in [-0.3, -0.25) is 9.59 Å². The predicted octanol–water partition coefficient (Wildman–Crippen LogP) is 1.37. The summed E-state index contributed by atoms with van der Waals surface area (Å²) in [4.78, 5) is 25.9. The van der Waals surface area contributed by atoms with E-state index in [1.54, 1.807) is 30.3 Å². The number of primary amides is 1. The summed E-state index contributed by atoms with van der Waals surface area (Å²) in [5.74, 6) is 0.887. The average molecular weight is 397 g/mol. The molecule has 29 heavy (non-hydrogen) atoms. The first-order valence-corrected chi connectivity index (χ1v) is 10.1. The molecule has 0 radical (unpaired) electrons. The topological polar surface area (TPSA) is 97.8 Å². The van der Waals surface area contributed by atoms with Gasteiger partial charge in [-0.25, -0.2) is 0 Å². The van der Waals surface area contributed by atoms with Crippen molar-refractivity contribution in [2.45, 2.75) is 24.8 Å². The van der Waals surface area contributed by atoms with Crippen LogP contribution in [-0.2, 0) is 0 Å². The summed E-state index contributed by atoms with van der Waals surface area (Å²) in [5, 5.41) is 9.93. The Morgan fingerprint density at radius 3 is 2.69 bits per heavy atom. The van der Waals surface area contributed by atoms with Gasteiger partial charge in [-0.1, -0.05) is 6.07 Å². The zero-order valence-electron chi connectivity index (χ0n) is 16.4. The van der Waals surface area contributed by atoms with E-state index in [0.29, 0.717) is 18.1 Å². The number of ether oxygens (including phenoxy) is 1. The Morgan fingerprint density at radius 2 is 1.97 bits per heavy atom. The highest BCUT2D eigenvalue weighted by Gasteiger charge is 2.39. The molecule has 1 fully saturated rings. The molecule has 1 aromatic carbocycles. The number of pyridine rings is 1. The van der Waals surface area contributed by atoms with Gasteiger partial charge in [0.1, 0.15) is 5.75 Å². The highest BCUT2D eigenvalue weighted by Crippen LogP contribution is 2.40. The first-order chi connectivity index (χ1) is 14.1. The highest BCUT2D eigenvalue weighted by molar-refractivity contribution is 5.92. The largest absolute Gasteiger partial charge is 0.494 e. The van der Waals surface area contributed by atoms with Crippen molar-refractivity contribution in [1.29, 1.82) is 0 Å². The number of piperidine rings is 1. The number of fused-ring (bicyclic) bond motifs is 4. The fourth-order valence-corrected chi connectivity index (χ4v) is 4.75. The van der Waals surface area contributed by atoms with Crippen LogP contribution < -0.4 is 16.0 Å². The van der Waals surface area contributed by atoms with Crippen molar-refractivity contribution in [2.24, 2.45) is 11.7 Å². The van der Waals surface area contributed by atoms with Gasteiger partial charge in [-0.15, -0.1) is 0 Å². The van der Waals surface area contributed by atoms with Crippen LogP contribution in [0.3, 0.4) is 0 Å². The van der Waals surface area contributed by atoms with E-state index in [2.05, 4.69) is 4.90 Å². The van der Waals surface area contributed by atoms with Crippen molar-refractivity contribution in [2.75, 3.05) is 32.8 Å². The lowest BCUT2D eigenvalue weighted by molar-refractivity contribution is 0.0592. The summed E-state index contributed by atoms with van der Waals surface area (Å²) in [6.07, 6.45) is 1.90. The molecule has 2 aliphatic heterocycles. The van der Waals surface area contributed by atoms with Crippen LogP contribution in [0.1, 0.15) is 40.9 Å². The lowest BCUT2D eigenvalue weighted by Gasteiger charge is -2.46. The minimum Gasteiger partial charge on any atom is -0.494 e. The molecule has 2 bridgehead atoms. The van der Waals surface area contributed by atoms with Gasteiger partial charge in [0.25, 0.3) is 5.56 Å². The third-order valence-corrected chi connectivity index (χ3v) is 6.09. The van der Waals surface area contributed by atoms with Gasteiger partial charge in [0.15, 0.2) is 0 Å². The van der Waals surface area contributed by atoms with Gasteiger partial charge in [0.05, 0.1) is 19.3 Å². The van der Waals surface area contributed by atoms with E-state index in [1.807, 2.05) is 16.7 Å². The lowest BCUT2D eigenvalue weighted by Crippen LogP contribution is -2.50. The van der Waals surface area contributed by atoms with Crippen molar-refractivity contribution in [3.05, 3.63) is 64.1 Å². The maximum absolute atomic E-state index is 12.3. The van der Waals surface area contributed by atoms with Crippen LogP contribution in [-0.4, -0.2) is 53.3 Å². The molecule has 154 valence electrons. The number of aliphatic hydroxyl groups excluding tert-OH is 1. The van der Waals surface area contributed by atoms with Crippen molar-refractivity contribution in [3.63, 3.8) is 0 Å². The van der Waals surface area contributed by atoms with Crippen LogP contribution in [0.25, 0.3) is 0 Å². The Morgan fingerprint density at radius 1 is 1.17 bits per heavy atom. The first kappa shape index (κ1) is 19.7. The Hall–Kier alpha value is -2.64. The van der Waals surface area contributed by atoms with E-state index >= 15 is 0 Å². The number of hydrogen-bond acceptors (Lipinski definition) is 5. The number of likely N-dealkylation sites (tertiary alicyclic amines) is 1. The number of benzene rings is 1. The Kier molecular flexibility index (Phi) is 5.69. The maximum Gasteiger partial charge on any atom is 0.251 e. The smallest absolute Gasteiger partial charge is 0.251 e. The molecule has 0 spiro atoms. The van der Waals surface area contributed by atoms with Crippen molar-refractivity contribution in [3.8, 4) is 5.75 Å². The Labute approximate surface area is 169 Å². The number of carbonyl (C=O) groups is 1. The summed E-state index contributed by atoms with van der Waals surface area (Å²) >= 11 is 0. The molecule has 0 aliphatic carbocycles. The molecular formula is C22H27N3O4. The highest BCUT2D eigenvalue weighted by atomic mass is 16.5. The quantitative estimate of drug-likeness (QED) is 0.688. The van der Waals surface area contributed by atoms with Crippen LogP contribution in [0.15, 0.2) is 47.3 Å².